The van der Waals surface area contributed by atoms with Crippen LogP contribution < -0.4 is 9.46 Å². The van der Waals surface area contributed by atoms with Crippen molar-refractivity contribution in [3.63, 3.8) is 0 Å². The maximum absolute atomic E-state index is 13.4. The van der Waals surface area contributed by atoms with Gasteiger partial charge in [-0.2, -0.15) is 0 Å². The van der Waals surface area contributed by atoms with Gasteiger partial charge >= 0.3 is 0 Å². The van der Waals surface area contributed by atoms with Gasteiger partial charge in [0.25, 0.3) is 0 Å². The molecule has 0 saturated heterocycles. The van der Waals surface area contributed by atoms with E-state index in [1.807, 2.05) is 19.1 Å². The van der Waals surface area contributed by atoms with Gasteiger partial charge in [0, 0.05) is 0 Å². The van der Waals surface area contributed by atoms with Crippen LogP contribution in [0, 0.1) is 6.92 Å². The number of rotatable bonds is 9. The zero-order valence-corrected chi connectivity index (χ0v) is 19.0. The Bertz CT molecular complexity index is 1140. The van der Waals surface area contributed by atoms with Gasteiger partial charge in [0.05, 0.1) is 22.9 Å². The average Bonchev–Trinajstić information content (AvgIpc) is 2.79. The maximum atomic E-state index is 13.4. The zero-order valence-electron chi connectivity index (χ0n) is 17.4. The van der Waals surface area contributed by atoms with Crippen LogP contribution in [-0.4, -0.2) is 25.0 Å². The Hall–Kier alpha value is -2.74. The summed E-state index contributed by atoms with van der Waals surface area (Å²) in [4.78, 5) is 0.741. The Morgan fingerprint density at radius 1 is 0.968 bits per heavy atom. The van der Waals surface area contributed by atoms with Gasteiger partial charge in [-0.15, -0.1) is 6.58 Å². The first-order valence-electron chi connectivity index (χ1n) is 9.67. The van der Waals surface area contributed by atoms with Crippen LogP contribution in [0.3, 0.4) is 0 Å². The molecule has 0 saturated carbocycles. The van der Waals surface area contributed by atoms with Crippen LogP contribution in [0.25, 0.3) is 0 Å². The second kappa shape index (κ2) is 10.0. The van der Waals surface area contributed by atoms with Crippen molar-refractivity contribution in [1.82, 2.24) is 4.72 Å². The molecule has 0 amide bonds. The predicted octanol–water partition coefficient (Wildman–Crippen LogP) is 4.39. The van der Waals surface area contributed by atoms with Crippen LogP contribution in [0.1, 0.15) is 17.2 Å². The van der Waals surface area contributed by atoms with Gasteiger partial charge in [-0.3, -0.25) is 0 Å². The van der Waals surface area contributed by atoms with E-state index < -0.39 is 32.1 Å². The molecule has 31 heavy (non-hydrogen) atoms. The number of methoxy groups -OCH3 is 1. The molecule has 3 aromatic carbocycles. The molecule has 3 aromatic rings. The topological polar surface area (TPSA) is 72.5 Å². The molecule has 0 bridgehead atoms. The van der Waals surface area contributed by atoms with Gasteiger partial charge in [0.15, 0.2) is 9.84 Å². The molecule has 0 aliphatic rings. The number of aryl methyl sites for hydroxylation is 1. The molecule has 0 aliphatic carbocycles. The summed E-state index contributed by atoms with van der Waals surface area (Å²) in [5.41, 5.74) is 1.70. The van der Waals surface area contributed by atoms with Crippen LogP contribution in [0.15, 0.2) is 101 Å². The van der Waals surface area contributed by atoms with Crippen LogP contribution >= 0.6 is 0 Å². The van der Waals surface area contributed by atoms with Crippen LogP contribution in [0.4, 0.5) is 0 Å². The summed E-state index contributed by atoms with van der Waals surface area (Å²) in [6.07, 6.45) is 1.39. The third-order valence-corrected chi connectivity index (χ3v) is 8.21. The maximum Gasteiger partial charge on any atom is 0.186 e. The van der Waals surface area contributed by atoms with Gasteiger partial charge < -0.3 is 4.74 Å². The lowest BCUT2D eigenvalue weighted by Crippen LogP contribution is -2.37. The SMILES string of the molecule is C=C[C@@H]([C@H](NS(=O)c1ccc(C)cc1)c1ccc(OC)cc1)S(=O)(=O)c1ccccc1. The number of ether oxygens (including phenoxy) is 1. The standard InChI is InChI=1S/C24H25NO4S2/c1-4-23(31(27,28)22-8-6-5-7-9-22)24(19-12-14-20(29-3)15-13-19)25-30(26)21-16-10-18(2)11-17-21/h4-17,23-25H,1H2,2-3H3/t23-,24+,30?/m0/s1. The molecule has 0 heterocycles. The molecule has 0 radical (unpaired) electrons. The Labute approximate surface area is 186 Å². The lowest BCUT2D eigenvalue weighted by atomic mass is 10.0. The Morgan fingerprint density at radius 2 is 1.58 bits per heavy atom. The molecule has 1 unspecified atom stereocenters. The molecule has 0 aromatic heterocycles. The van der Waals surface area contributed by atoms with E-state index in [0.29, 0.717) is 16.2 Å². The quantitative estimate of drug-likeness (QED) is 0.486. The zero-order chi connectivity index (χ0) is 22.4. The summed E-state index contributed by atoms with van der Waals surface area (Å²) < 4.78 is 48.2. The lowest BCUT2D eigenvalue weighted by molar-refractivity contribution is 0.414. The number of sulfone groups is 1. The Morgan fingerprint density at radius 3 is 2.13 bits per heavy atom. The van der Waals surface area contributed by atoms with Gasteiger partial charge in [-0.05, 0) is 48.9 Å². The molecule has 7 heteroatoms. The summed E-state index contributed by atoms with van der Waals surface area (Å²) in [5, 5.41) is -1.04. The third kappa shape index (κ3) is 5.31. The van der Waals surface area contributed by atoms with Crippen LogP contribution in [-0.2, 0) is 20.8 Å². The second-order valence-electron chi connectivity index (χ2n) is 7.01. The van der Waals surface area contributed by atoms with Crippen LogP contribution in [0.5, 0.6) is 5.75 Å². The Balaban J connectivity index is 2.04. The first kappa shape index (κ1) is 22.9. The highest BCUT2D eigenvalue weighted by Gasteiger charge is 2.34. The third-order valence-electron chi connectivity index (χ3n) is 4.93. The van der Waals surface area contributed by atoms with E-state index in [-0.39, 0.29) is 4.90 Å². The summed E-state index contributed by atoms with van der Waals surface area (Å²) in [5.74, 6) is 0.642. The van der Waals surface area contributed by atoms with Crippen molar-refractivity contribution >= 4 is 20.8 Å². The number of hydrogen-bond donors (Lipinski definition) is 1. The van der Waals surface area contributed by atoms with Crippen molar-refractivity contribution in [3.05, 3.63) is 103 Å². The normalized spacial score (nSPS) is 14.4. The number of benzene rings is 3. The van der Waals surface area contributed by atoms with E-state index in [1.54, 1.807) is 73.8 Å². The summed E-state index contributed by atoms with van der Waals surface area (Å²) in [6.45, 7) is 5.73. The van der Waals surface area contributed by atoms with E-state index in [2.05, 4.69) is 11.3 Å². The van der Waals surface area contributed by atoms with Gasteiger partial charge in [-0.25, -0.2) is 17.3 Å². The smallest absolute Gasteiger partial charge is 0.186 e. The van der Waals surface area contributed by atoms with Crippen molar-refractivity contribution < 1.29 is 17.4 Å². The molecule has 3 atom stereocenters. The molecular weight excluding hydrogens is 430 g/mol. The summed E-state index contributed by atoms with van der Waals surface area (Å²) in [7, 11) is -3.87. The van der Waals surface area contributed by atoms with Crippen molar-refractivity contribution in [2.45, 2.75) is 28.0 Å². The molecule has 0 aliphatic heterocycles. The van der Waals surface area contributed by atoms with E-state index in [9.17, 15) is 12.6 Å². The molecule has 0 spiro atoms. The monoisotopic (exact) mass is 455 g/mol. The molecule has 5 nitrogen and oxygen atoms in total. The fourth-order valence-electron chi connectivity index (χ4n) is 3.19. The number of hydrogen-bond acceptors (Lipinski definition) is 4. The van der Waals surface area contributed by atoms with Crippen molar-refractivity contribution in [3.8, 4) is 5.75 Å². The van der Waals surface area contributed by atoms with Gasteiger partial charge in [0.2, 0.25) is 0 Å². The van der Waals surface area contributed by atoms with Crippen molar-refractivity contribution in [1.29, 1.82) is 0 Å². The lowest BCUT2D eigenvalue weighted by Gasteiger charge is -2.26. The fraction of sp³-hybridized carbons (Fsp3) is 0.167. The first-order valence-corrected chi connectivity index (χ1v) is 12.4. The van der Waals surface area contributed by atoms with E-state index >= 15 is 0 Å². The van der Waals surface area contributed by atoms with E-state index in [4.69, 9.17) is 4.74 Å². The molecular formula is C24H25NO4S2. The minimum absolute atomic E-state index is 0.182. The van der Waals surface area contributed by atoms with E-state index in [0.717, 1.165) is 5.56 Å². The van der Waals surface area contributed by atoms with Gasteiger partial charge in [-0.1, -0.05) is 54.1 Å². The fourth-order valence-corrected chi connectivity index (χ4v) is 6.00. The van der Waals surface area contributed by atoms with Crippen molar-refractivity contribution in [2.75, 3.05) is 7.11 Å². The minimum Gasteiger partial charge on any atom is -0.497 e. The summed E-state index contributed by atoms with van der Waals surface area (Å²) >= 11 is 0. The molecule has 0 fully saturated rings. The second-order valence-corrected chi connectivity index (χ2v) is 10.4. The molecule has 162 valence electrons. The largest absolute Gasteiger partial charge is 0.497 e. The van der Waals surface area contributed by atoms with Crippen LogP contribution in [0.2, 0.25) is 0 Å². The first-order chi connectivity index (χ1) is 14.9. The van der Waals surface area contributed by atoms with E-state index in [1.165, 1.54) is 6.08 Å². The molecule has 3 rings (SSSR count). The summed E-state index contributed by atoms with van der Waals surface area (Å²) in [6, 6.07) is 21.7. The van der Waals surface area contributed by atoms with Crippen molar-refractivity contribution in [2.24, 2.45) is 0 Å². The Kier molecular flexibility index (Phi) is 7.43. The average molecular weight is 456 g/mol. The minimum atomic E-state index is -3.79. The molecule has 1 N–H and O–H groups in total. The highest BCUT2D eigenvalue weighted by molar-refractivity contribution is 7.92. The predicted molar refractivity (Wildman–Crippen MR) is 124 cm³/mol. The van der Waals surface area contributed by atoms with Gasteiger partial charge in [0.1, 0.15) is 22.0 Å². The number of nitrogens with one attached hydrogen (secondary N) is 1. The highest BCUT2D eigenvalue weighted by Crippen LogP contribution is 2.30. The highest BCUT2D eigenvalue weighted by atomic mass is 32.2.